The fourth-order valence-corrected chi connectivity index (χ4v) is 1.58. The van der Waals surface area contributed by atoms with Gasteiger partial charge in [0, 0.05) is 32.6 Å². The summed E-state index contributed by atoms with van der Waals surface area (Å²) in [6.07, 6.45) is 2.78. The standard InChI is InChI=1S/C14H13N3O4/c1-17(2)13(18)10-8-9(5-7-15-10)21-11-4-3-6-16-12(11)14(19)20/h3-8H,1-2H3,(H,19,20). The normalized spacial score (nSPS) is 10.0. The first-order chi connectivity index (χ1) is 9.99. The summed E-state index contributed by atoms with van der Waals surface area (Å²) < 4.78 is 5.49. The molecule has 0 spiro atoms. The predicted molar refractivity (Wildman–Crippen MR) is 73.5 cm³/mol. The number of carbonyl (C=O) groups is 2. The lowest BCUT2D eigenvalue weighted by Gasteiger charge is -2.11. The highest BCUT2D eigenvalue weighted by molar-refractivity contribution is 5.92. The van der Waals surface area contributed by atoms with Crippen molar-refractivity contribution in [3.8, 4) is 11.5 Å². The van der Waals surface area contributed by atoms with E-state index in [1.165, 1.54) is 35.5 Å². The maximum atomic E-state index is 11.8. The van der Waals surface area contributed by atoms with Crippen LogP contribution in [0.4, 0.5) is 0 Å². The molecule has 0 radical (unpaired) electrons. The van der Waals surface area contributed by atoms with Crippen LogP contribution in [0.25, 0.3) is 0 Å². The molecule has 1 amide bonds. The molecule has 0 aromatic carbocycles. The number of ether oxygens (including phenoxy) is 1. The van der Waals surface area contributed by atoms with Gasteiger partial charge in [0.15, 0.2) is 11.4 Å². The summed E-state index contributed by atoms with van der Waals surface area (Å²) in [6, 6.07) is 6.03. The molecule has 108 valence electrons. The molecule has 21 heavy (non-hydrogen) atoms. The molecule has 0 fully saturated rings. The van der Waals surface area contributed by atoms with E-state index >= 15 is 0 Å². The molecule has 2 heterocycles. The molecule has 0 saturated heterocycles. The van der Waals surface area contributed by atoms with Crippen molar-refractivity contribution in [2.24, 2.45) is 0 Å². The number of pyridine rings is 2. The highest BCUT2D eigenvalue weighted by atomic mass is 16.5. The van der Waals surface area contributed by atoms with Crippen molar-refractivity contribution in [3.63, 3.8) is 0 Å². The number of nitrogens with zero attached hydrogens (tertiary/aromatic N) is 3. The molecule has 0 bridgehead atoms. The van der Waals surface area contributed by atoms with Crippen LogP contribution in [0.1, 0.15) is 21.0 Å². The first-order valence-electron chi connectivity index (χ1n) is 6.03. The van der Waals surface area contributed by atoms with Gasteiger partial charge < -0.3 is 14.7 Å². The van der Waals surface area contributed by atoms with Crippen LogP contribution >= 0.6 is 0 Å². The van der Waals surface area contributed by atoms with Crippen LogP contribution < -0.4 is 4.74 Å². The number of aromatic nitrogens is 2. The highest BCUT2D eigenvalue weighted by Crippen LogP contribution is 2.24. The molecular weight excluding hydrogens is 274 g/mol. The van der Waals surface area contributed by atoms with Gasteiger partial charge in [-0.3, -0.25) is 9.78 Å². The molecule has 0 unspecified atom stereocenters. The van der Waals surface area contributed by atoms with Gasteiger partial charge in [0.25, 0.3) is 5.91 Å². The fraction of sp³-hybridized carbons (Fsp3) is 0.143. The molecule has 7 heteroatoms. The van der Waals surface area contributed by atoms with Crippen LogP contribution in [0.2, 0.25) is 0 Å². The van der Waals surface area contributed by atoms with Gasteiger partial charge >= 0.3 is 5.97 Å². The Morgan fingerprint density at radius 3 is 2.62 bits per heavy atom. The Balaban J connectivity index is 2.31. The first kappa shape index (κ1) is 14.4. The number of amides is 1. The first-order valence-corrected chi connectivity index (χ1v) is 6.03. The van der Waals surface area contributed by atoms with E-state index in [-0.39, 0.29) is 23.0 Å². The molecule has 0 saturated carbocycles. The number of carboxylic acid groups (broad SMARTS) is 1. The average Bonchev–Trinajstić information content (AvgIpc) is 2.47. The monoisotopic (exact) mass is 287 g/mol. The maximum absolute atomic E-state index is 11.8. The molecule has 2 rings (SSSR count). The zero-order valence-electron chi connectivity index (χ0n) is 11.5. The summed E-state index contributed by atoms with van der Waals surface area (Å²) in [7, 11) is 3.22. The average molecular weight is 287 g/mol. The van der Waals surface area contributed by atoms with Crippen molar-refractivity contribution in [1.29, 1.82) is 0 Å². The van der Waals surface area contributed by atoms with Crippen molar-refractivity contribution in [1.82, 2.24) is 14.9 Å². The van der Waals surface area contributed by atoms with E-state index in [1.54, 1.807) is 20.2 Å². The van der Waals surface area contributed by atoms with E-state index in [9.17, 15) is 9.59 Å². The second-order valence-electron chi connectivity index (χ2n) is 4.33. The van der Waals surface area contributed by atoms with Crippen molar-refractivity contribution in [2.75, 3.05) is 14.1 Å². The van der Waals surface area contributed by atoms with Gasteiger partial charge in [0.1, 0.15) is 11.4 Å². The molecule has 0 aliphatic rings. The smallest absolute Gasteiger partial charge is 0.358 e. The Morgan fingerprint density at radius 2 is 1.95 bits per heavy atom. The van der Waals surface area contributed by atoms with E-state index in [4.69, 9.17) is 9.84 Å². The zero-order valence-corrected chi connectivity index (χ0v) is 11.5. The third kappa shape index (κ3) is 3.33. The summed E-state index contributed by atoms with van der Waals surface area (Å²) in [5.74, 6) is -1.06. The predicted octanol–water partition coefficient (Wildman–Crippen LogP) is 1.67. The Bertz CT molecular complexity index is 685. The lowest BCUT2D eigenvalue weighted by Crippen LogP contribution is -2.22. The minimum Gasteiger partial charge on any atom is -0.476 e. The topological polar surface area (TPSA) is 92.6 Å². The second kappa shape index (κ2) is 6.00. The zero-order chi connectivity index (χ0) is 15.4. The Hall–Kier alpha value is -2.96. The SMILES string of the molecule is CN(C)C(=O)c1cc(Oc2cccnc2C(=O)O)ccn1. The van der Waals surface area contributed by atoms with Gasteiger partial charge in [0.2, 0.25) is 0 Å². The van der Waals surface area contributed by atoms with E-state index in [0.29, 0.717) is 5.75 Å². The van der Waals surface area contributed by atoms with Crippen LogP contribution in [0, 0.1) is 0 Å². The number of aromatic carboxylic acids is 1. The van der Waals surface area contributed by atoms with Crippen molar-refractivity contribution >= 4 is 11.9 Å². The summed E-state index contributed by atoms with van der Waals surface area (Å²) >= 11 is 0. The molecule has 0 aliphatic heterocycles. The largest absolute Gasteiger partial charge is 0.476 e. The van der Waals surface area contributed by atoms with Gasteiger partial charge in [-0.25, -0.2) is 9.78 Å². The number of hydrogen-bond donors (Lipinski definition) is 1. The number of carboxylic acids is 1. The lowest BCUT2D eigenvalue weighted by molar-refractivity contribution is 0.0686. The maximum Gasteiger partial charge on any atom is 0.358 e. The van der Waals surface area contributed by atoms with E-state index in [0.717, 1.165) is 0 Å². The summed E-state index contributed by atoms with van der Waals surface area (Å²) in [5, 5.41) is 9.04. The molecule has 7 nitrogen and oxygen atoms in total. The second-order valence-corrected chi connectivity index (χ2v) is 4.33. The van der Waals surface area contributed by atoms with E-state index in [2.05, 4.69) is 9.97 Å². The van der Waals surface area contributed by atoms with Crippen molar-refractivity contribution in [3.05, 3.63) is 48.0 Å². The highest BCUT2D eigenvalue weighted by Gasteiger charge is 2.15. The third-order valence-electron chi connectivity index (χ3n) is 2.56. The van der Waals surface area contributed by atoms with Crippen LogP contribution in [0.15, 0.2) is 36.7 Å². The molecule has 2 aromatic rings. The van der Waals surface area contributed by atoms with Gasteiger partial charge in [-0.05, 0) is 18.2 Å². The van der Waals surface area contributed by atoms with E-state index in [1.807, 2.05) is 0 Å². The van der Waals surface area contributed by atoms with Gasteiger partial charge in [-0.2, -0.15) is 0 Å². The number of carbonyl (C=O) groups excluding carboxylic acids is 1. The Morgan fingerprint density at radius 1 is 1.19 bits per heavy atom. The van der Waals surface area contributed by atoms with Crippen LogP contribution in [0.5, 0.6) is 11.5 Å². The summed E-state index contributed by atoms with van der Waals surface area (Å²) in [5.41, 5.74) is 0.00747. The quantitative estimate of drug-likeness (QED) is 0.919. The lowest BCUT2D eigenvalue weighted by atomic mass is 10.3. The molecule has 0 atom stereocenters. The summed E-state index contributed by atoms with van der Waals surface area (Å²) in [6.45, 7) is 0. The Labute approximate surface area is 120 Å². The molecule has 2 aromatic heterocycles. The number of hydrogen-bond acceptors (Lipinski definition) is 5. The van der Waals surface area contributed by atoms with Crippen LogP contribution in [-0.4, -0.2) is 45.9 Å². The van der Waals surface area contributed by atoms with Gasteiger partial charge in [-0.1, -0.05) is 0 Å². The van der Waals surface area contributed by atoms with Gasteiger partial charge in [-0.15, -0.1) is 0 Å². The minimum atomic E-state index is -1.19. The minimum absolute atomic E-state index is 0.0967. The summed E-state index contributed by atoms with van der Waals surface area (Å²) in [4.78, 5) is 32.0. The Kier molecular flexibility index (Phi) is 4.13. The fourth-order valence-electron chi connectivity index (χ4n) is 1.58. The van der Waals surface area contributed by atoms with Crippen LogP contribution in [0.3, 0.4) is 0 Å². The molecule has 1 N–H and O–H groups in total. The molecular formula is C14H13N3O4. The van der Waals surface area contributed by atoms with Gasteiger partial charge in [0.05, 0.1) is 0 Å². The molecule has 0 aliphatic carbocycles. The van der Waals surface area contributed by atoms with E-state index < -0.39 is 5.97 Å². The van der Waals surface area contributed by atoms with Crippen LogP contribution in [-0.2, 0) is 0 Å². The third-order valence-corrected chi connectivity index (χ3v) is 2.56. The number of rotatable bonds is 4. The van der Waals surface area contributed by atoms with Crippen molar-refractivity contribution in [2.45, 2.75) is 0 Å². The van der Waals surface area contributed by atoms with Crippen molar-refractivity contribution < 1.29 is 19.4 Å².